The zero-order valence-electron chi connectivity index (χ0n) is 17.6. The fourth-order valence-electron chi connectivity index (χ4n) is 3.80. The number of nitrogens with zero attached hydrogens (tertiary/aromatic N) is 1. The van der Waals surface area contributed by atoms with E-state index in [2.05, 4.69) is 10.2 Å². The zero-order chi connectivity index (χ0) is 20.9. The third-order valence-electron chi connectivity index (χ3n) is 6.32. The van der Waals surface area contributed by atoms with E-state index in [1.165, 1.54) is 6.07 Å². The Bertz CT molecular complexity index is 851. The molecule has 28 heavy (non-hydrogen) atoms. The van der Waals surface area contributed by atoms with E-state index >= 15 is 0 Å². The van der Waals surface area contributed by atoms with Gasteiger partial charge in [-0.15, -0.1) is 3.89 Å². The molecule has 0 spiro atoms. The van der Waals surface area contributed by atoms with E-state index in [0.717, 1.165) is 37.3 Å². The van der Waals surface area contributed by atoms with Crippen LogP contribution < -0.4 is 10.8 Å². The minimum atomic E-state index is -4.87. The molecule has 1 N–H and O–H groups in total. The highest BCUT2D eigenvalue weighted by Crippen LogP contribution is 2.37. The first-order valence-electron chi connectivity index (χ1n) is 9.70. The van der Waals surface area contributed by atoms with Gasteiger partial charge in [0.25, 0.3) is 0 Å². The van der Waals surface area contributed by atoms with Gasteiger partial charge in [0.15, 0.2) is 0 Å². The molecule has 0 saturated carbocycles. The van der Waals surface area contributed by atoms with E-state index in [-0.39, 0.29) is 4.90 Å². The highest BCUT2D eigenvalue weighted by molar-refractivity contribution is 7.86. The van der Waals surface area contributed by atoms with Crippen molar-refractivity contribution in [1.82, 2.24) is 10.2 Å². The highest BCUT2D eigenvalue weighted by Gasteiger charge is 2.53. The average Bonchev–Trinajstić information content (AvgIpc) is 2.77. The van der Waals surface area contributed by atoms with Gasteiger partial charge >= 0.3 is 17.3 Å². The zero-order valence-corrected chi connectivity index (χ0v) is 18.4. The smallest absolute Gasteiger partial charge is 0.399 e. The molecule has 1 aromatic carbocycles. The second kappa shape index (κ2) is 7.36. The summed E-state index contributed by atoms with van der Waals surface area (Å²) in [6, 6.07) is 1.47. The number of halogens is 1. The predicted octanol–water partition coefficient (Wildman–Crippen LogP) is 1.67. The number of piperazine rings is 1. The molecule has 3 rings (SSSR count). The summed E-state index contributed by atoms with van der Waals surface area (Å²) in [4.78, 5) is 1.93. The van der Waals surface area contributed by atoms with Crippen LogP contribution in [0, 0.1) is 13.8 Å². The lowest BCUT2D eigenvalue weighted by molar-refractivity contribution is 0.00578. The van der Waals surface area contributed by atoms with Gasteiger partial charge in [-0.1, -0.05) is 0 Å². The fraction of sp³-hybridized carbons (Fsp3) is 0.684. The van der Waals surface area contributed by atoms with Gasteiger partial charge < -0.3 is 14.6 Å². The predicted molar refractivity (Wildman–Crippen MR) is 108 cm³/mol. The number of hydrogen-bond donors (Lipinski definition) is 1. The van der Waals surface area contributed by atoms with E-state index in [1.54, 1.807) is 6.92 Å². The summed E-state index contributed by atoms with van der Waals surface area (Å²) in [5, 5.41) is 3.30. The molecule has 2 aliphatic heterocycles. The topological polar surface area (TPSA) is 67.9 Å². The van der Waals surface area contributed by atoms with Crippen LogP contribution in [0.15, 0.2) is 11.0 Å². The standard InChI is InChI=1S/C19H30BFN2O4S/c1-13-15(12-23-9-7-22-8-10-23)11-16(28(21,24)25)14(2)17(13)20-26-18(3,4)19(5,6)27-20/h11,22H,7-10,12H2,1-6H3. The minimum absolute atomic E-state index is 0.298. The Labute approximate surface area is 168 Å². The van der Waals surface area contributed by atoms with Crippen LogP contribution in [0.4, 0.5) is 3.89 Å². The van der Waals surface area contributed by atoms with Crippen molar-refractivity contribution >= 4 is 22.8 Å². The summed E-state index contributed by atoms with van der Waals surface area (Å²) in [5.74, 6) is 0. The van der Waals surface area contributed by atoms with Gasteiger partial charge in [-0.2, -0.15) is 8.42 Å². The lowest BCUT2D eigenvalue weighted by Crippen LogP contribution is -2.44. The van der Waals surface area contributed by atoms with Gasteiger partial charge in [0.2, 0.25) is 0 Å². The van der Waals surface area contributed by atoms with Gasteiger partial charge in [0.1, 0.15) is 4.90 Å². The van der Waals surface area contributed by atoms with Crippen molar-refractivity contribution in [3.8, 4) is 0 Å². The van der Waals surface area contributed by atoms with Gasteiger partial charge in [0, 0.05) is 32.7 Å². The largest absolute Gasteiger partial charge is 0.495 e. The summed E-state index contributed by atoms with van der Waals surface area (Å²) in [7, 11) is -5.61. The number of nitrogens with one attached hydrogen (secondary N) is 1. The van der Waals surface area contributed by atoms with Crippen LogP contribution in [0.2, 0.25) is 0 Å². The summed E-state index contributed by atoms with van der Waals surface area (Å²) < 4.78 is 50.2. The number of benzene rings is 1. The molecular formula is C19H30BFN2O4S. The molecular weight excluding hydrogens is 382 g/mol. The Kier molecular flexibility index (Phi) is 5.71. The summed E-state index contributed by atoms with van der Waals surface area (Å²) in [5.41, 5.74) is 1.50. The van der Waals surface area contributed by atoms with E-state index in [1.807, 2.05) is 34.6 Å². The van der Waals surface area contributed by atoms with Crippen molar-refractivity contribution in [2.45, 2.75) is 64.2 Å². The molecule has 9 heteroatoms. The summed E-state index contributed by atoms with van der Waals surface area (Å²) in [6.07, 6.45) is 0. The molecule has 2 fully saturated rings. The van der Waals surface area contributed by atoms with Crippen molar-refractivity contribution in [3.05, 3.63) is 22.8 Å². The van der Waals surface area contributed by atoms with Gasteiger partial charge in [-0.25, -0.2) is 0 Å². The Hall–Kier alpha value is -0.995. The third kappa shape index (κ3) is 4.00. The van der Waals surface area contributed by atoms with Gasteiger partial charge in [-0.05, 0) is 69.8 Å². The molecule has 2 aliphatic rings. The normalized spacial score (nSPS) is 22.6. The Balaban J connectivity index is 2.09. The number of hydrogen-bond acceptors (Lipinski definition) is 6. The Morgan fingerprint density at radius 3 is 2.14 bits per heavy atom. The second-order valence-electron chi connectivity index (χ2n) is 8.75. The second-order valence-corrected chi connectivity index (χ2v) is 10.1. The minimum Gasteiger partial charge on any atom is -0.399 e. The van der Waals surface area contributed by atoms with Crippen LogP contribution in [0.25, 0.3) is 0 Å². The van der Waals surface area contributed by atoms with E-state index < -0.39 is 28.5 Å². The fourth-order valence-corrected chi connectivity index (χ4v) is 4.56. The first kappa shape index (κ1) is 21.7. The maximum atomic E-state index is 14.1. The lowest BCUT2D eigenvalue weighted by Gasteiger charge is -2.32. The summed E-state index contributed by atoms with van der Waals surface area (Å²) in [6.45, 7) is 15.3. The molecule has 156 valence electrons. The molecule has 1 aromatic rings. The molecule has 6 nitrogen and oxygen atoms in total. The van der Waals surface area contributed by atoms with Crippen molar-refractivity contribution in [1.29, 1.82) is 0 Å². The molecule has 0 atom stereocenters. The van der Waals surface area contributed by atoms with E-state index in [9.17, 15) is 12.3 Å². The molecule has 2 heterocycles. The first-order valence-corrected chi connectivity index (χ1v) is 11.1. The van der Waals surface area contributed by atoms with E-state index in [4.69, 9.17) is 9.31 Å². The Morgan fingerprint density at radius 1 is 1.11 bits per heavy atom. The van der Waals surface area contributed by atoms with Crippen LogP contribution in [0.1, 0.15) is 44.4 Å². The molecule has 0 aliphatic carbocycles. The highest BCUT2D eigenvalue weighted by atomic mass is 32.3. The van der Waals surface area contributed by atoms with Crippen LogP contribution in [-0.4, -0.2) is 57.8 Å². The van der Waals surface area contributed by atoms with Crippen molar-refractivity contribution in [2.24, 2.45) is 0 Å². The maximum Gasteiger partial charge on any atom is 0.495 e. The SMILES string of the molecule is Cc1c(CN2CCNCC2)cc(S(=O)(=O)F)c(C)c1B1OC(C)(C)C(C)(C)O1. The molecule has 0 bridgehead atoms. The van der Waals surface area contributed by atoms with E-state index in [0.29, 0.717) is 17.6 Å². The average molecular weight is 412 g/mol. The third-order valence-corrected chi connectivity index (χ3v) is 7.27. The molecule has 0 radical (unpaired) electrons. The van der Waals surface area contributed by atoms with Crippen LogP contribution in [0.3, 0.4) is 0 Å². The molecule has 0 aromatic heterocycles. The maximum absolute atomic E-state index is 14.1. The Morgan fingerprint density at radius 2 is 1.64 bits per heavy atom. The van der Waals surface area contributed by atoms with Crippen molar-refractivity contribution < 1.29 is 21.6 Å². The quantitative estimate of drug-likeness (QED) is 0.600. The monoisotopic (exact) mass is 412 g/mol. The molecule has 0 amide bonds. The molecule has 2 saturated heterocycles. The van der Waals surface area contributed by atoms with Crippen LogP contribution in [0.5, 0.6) is 0 Å². The van der Waals surface area contributed by atoms with Gasteiger partial charge in [-0.3, -0.25) is 4.90 Å². The first-order chi connectivity index (χ1) is 12.8. The van der Waals surface area contributed by atoms with Crippen LogP contribution >= 0.6 is 0 Å². The van der Waals surface area contributed by atoms with Crippen LogP contribution in [-0.2, 0) is 26.1 Å². The number of rotatable bonds is 4. The van der Waals surface area contributed by atoms with Gasteiger partial charge in [0.05, 0.1) is 11.2 Å². The van der Waals surface area contributed by atoms with Crippen molar-refractivity contribution in [3.63, 3.8) is 0 Å². The summed E-state index contributed by atoms with van der Waals surface area (Å²) >= 11 is 0. The molecule has 0 unspecified atom stereocenters. The lowest BCUT2D eigenvalue weighted by atomic mass is 9.72. The van der Waals surface area contributed by atoms with Crippen molar-refractivity contribution in [2.75, 3.05) is 26.2 Å².